The van der Waals surface area contributed by atoms with Crippen molar-refractivity contribution in [1.82, 2.24) is 9.62 Å². The molecular weight excluding hydrogens is 513 g/mol. The molecule has 4 rings (SSSR count). The van der Waals surface area contributed by atoms with Gasteiger partial charge in [-0.05, 0) is 69.2 Å². The van der Waals surface area contributed by atoms with E-state index < -0.39 is 44.9 Å². The molecule has 2 N–H and O–H groups in total. The molecule has 0 atom stereocenters. The molecule has 2 aromatic rings. The Morgan fingerprint density at radius 2 is 1.57 bits per heavy atom. The monoisotopic (exact) mass is 538 g/mol. The van der Waals surface area contributed by atoms with Crippen LogP contribution in [-0.2, 0) is 16.2 Å². The maximum atomic E-state index is 12.9. The molecule has 0 radical (unpaired) electrons. The molecule has 1 saturated heterocycles. The molecule has 0 bridgehead atoms. The van der Waals surface area contributed by atoms with E-state index in [9.17, 15) is 36.0 Å². The molecule has 2 aliphatic rings. The number of benzene rings is 2. The molecule has 0 aromatic heterocycles. The van der Waals surface area contributed by atoms with Gasteiger partial charge >= 0.3 is 12.2 Å². The van der Waals surface area contributed by atoms with Crippen LogP contribution >= 0.6 is 0 Å². The third-order valence-corrected chi connectivity index (χ3v) is 8.23. The Kier molecular flexibility index (Phi) is 7.04. The van der Waals surface area contributed by atoms with E-state index in [0.29, 0.717) is 25.9 Å². The van der Waals surface area contributed by atoms with Crippen molar-refractivity contribution in [2.45, 2.75) is 44.2 Å². The summed E-state index contributed by atoms with van der Waals surface area (Å²) in [6, 6.07) is 7.17. The summed E-state index contributed by atoms with van der Waals surface area (Å²) in [5.41, 5.74) is -0.549. The van der Waals surface area contributed by atoms with E-state index in [0.717, 1.165) is 29.2 Å². The van der Waals surface area contributed by atoms with Gasteiger partial charge in [0, 0.05) is 24.8 Å². The van der Waals surface area contributed by atoms with E-state index in [1.807, 2.05) is 0 Å². The molecule has 13 heteroatoms. The number of piperidine rings is 1. The average molecular weight is 539 g/mol. The van der Waals surface area contributed by atoms with Crippen molar-refractivity contribution in [3.63, 3.8) is 0 Å². The number of carbonyl (C=O) groups is 3. The Bertz CT molecular complexity index is 1340. The number of anilines is 2. The number of hydrogen-bond acceptors (Lipinski definition) is 5. The Labute approximate surface area is 211 Å². The van der Waals surface area contributed by atoms with Crippen LogP contribution in [-0.4, -0.2) is 55.5 Å². The SMILES string of the molecule is CC(C)S(=O)(=O)NC1CCN(C(=O)Nc2ccc3c(c2)C(=O)N(c2ccc(C(F)(F)F)cc2)C3=O)CC1. The van der Waals surface area contributed by atoms with Gasteiger partial charge in [0.1, 0.15) is 0 Å². The van der Waals surface area contributed by atoms with Gasteiger partial charge < -0.3 is 10.2 Å². The lowest BCUT2D eigenvalue weighted by Crippen LogP contribution is -2.48. The predicted octanol–water partition coefficient (Wildman–Crippen LogP) is 3.83. The smallest absolute Gasteiger partial charge is 0.324 e. The molecule has 0 aliphatic carbocycles. The minimum Gasteiger partial charge on any atom is -0.324 e. The number of hydrogen-bond donors (Lipinski definition) is 2. The van der Waals surface area contributed by atoms with Crippen LogP contribution < -0.4 is 14.9 Å². The summed E-state index contributed by atoms with van der Waals surface area (Å²) in [6.07, 6.45) is -3.66. The van der Waals surface area contributed by atoms with Crippen molar-refractivity contribution in [1.29, 1.82) is 0 Å². The number of rotatable bonds is 5. The lowest BCUT2D eigenvalue weighted by molar-refractivity contribution is -0.137. The molecule has 2 aromatic carbocycles. The van der Waals surface area contributed by atoms with Crippen LogP contribution in [0.2, 0.25) is 0 Å². The van der Waals surface area contributed by atoms with Gasteiger partial charge in [-0.1, -0.05) is 0 Å². The standard InChI is InChI=1S/C24H25F3N4O5S/c1-14(2)37(35,36)29-16-9-11-30(12-10-16)23(34)28-17-5-8-19-20(13-17)22(33)31(21(19)32)18-6-3-15(4-7-18)24(25,26)27/h3-8,13-14,16,29H,9-12H2,1-2H3,(H,28,34). The Morgan fingerprint density at radius 1 is 0.973 bits per heavy atom. The topological polar surface area (TPSA) is 116 Å². The van der Waals surface area contributed by atoms with Crippen LogP contribution in [0.3, 0.4) is 0 Å². The predicted molar refractivity (Wildman–Crippen MR) is 130 cm³/mol. The second-order valence-electron chi connectivity index (χ2n) is 9.15. The second kappa shape index (κ2) is 9.78. The van der Waals surface area contributed by atoms with Crippen molar-refractivity contribution >= 4 is 39.2 Å². The number of likely N-dealkylation sites (tertiary alicyclic amines) is 1. The molecule has 2 heterocycles. The number of carbonyl (C=O) groups excluding carboxylic acids is 3. The molecule has 1 fully saturated rings. The van der Waals surface area contributed by atoms with Crippen LogP contribution in [0.25, 0.3) is 0 Å². The Hall–Kier alpha value is -3.45. The Balaban J connectivity index is 1.41. The number of fused-ring (bicyclic) bond motifs is 1. The molecule has 0 unspecified atom stereocenters. The quantitative estimate of drug-likeness (QED) is 0.562. The summed E-state index contributed by atoms with van der Waals surface area (Å²) in [5.74, 6) is -1.39. The van der Waals surface area contributed by atoms with Crippen molar-refractivity contribution in [3.8, 4) is 0 Å². The van der Waals surface area contributed by atoms with Gasteiger partial charge in [-0.2, -0.15) is 13.2 Å². The third-order valence-electron chi connectivity index (χ3n) is 6.32. The van der Waals surface area contributed by atoms with E-state index >= 15 is 0 Å². The van der Waals surface area contributed by atoms with Gasteiger partial charge in [0.25, 0.3) is 11.8 Å². The first-order chi connectivity index (χ1) is 17.3. The fourth-order valence-corrected chi connectivity index (χ4v) is 5.10. The van der Waals surface area contributed by atoms with Crippen LogP contribution in [0, 0.1) is 0 Å². The fraction of sp³-hybridized carbons (Fsp3) is 0.375. The van der Waals surface area contributed by atoms with Crippen molar-refractivity contribution < 1.29 is 36.0 Å². The zero-order valence-corrected chi connectivity index (χ0v) is 20.8. The average Bonchev–Trinajstić information content (AvgIpc) is 3.08. The maximum Gasteiger partial charge on any atom is 0.416 e. The van der Waals surface area contributed by atoms with E-state index in [2.05, 4.69) is 10.0 Å². The van der Waals surface area contributed by atoms with Gasteiger partial charge in [0.15, 0.2) is 0 Å². The van der Waals surface area contributed by atoms with E-state index in [1.54, 1.807) is 13.8 Å². The minimum atomic E-state index is -4.55. The highest BCUT2D eigenvalue weighted by Crippen LogP contribution is 2.34. The third kappa shape index (κ3) is 5.47. The number of halogens is 3. The van der Waals surface area contributed by atoms with E-state index in [4.69, 9.17) is 0 Å². The van der Waals surface area contributed by atoms with Crippen molar-refractivity contribution in [2.24, 2.45) is 0 Å². The summed E-state index contributed by atoms with van der Waals surface area (Å²) in [7, 11) is -3.42. The van der Waals surface area contributed by atoms with Gasteiger partial charge in [-0.25, -0.2) is 22.8 Å². The van der Waals surface area contributed by atoms with Gasteiger partial charge in [-0.15, -0.1) is 0 Å². The highest BCUT2D eigenvalue weighted by atomic mass is 32.2. The second-order valence-corrected chi connectivity index (χ2v) is 11.4. The molecular formula is C24H25F3N4O5S. The van der Waals surface area contributed by atoms with Crippen molar-refractivity contribution in [2.75, 3.05) is 23.3 Å². The molecule has 9 nitrogen and oxygen atoms in total. The van der Waals surface area contributed by atoms with Gasteiger partial charge in [0.05, 0.1) is 27.6 Å². The summed E-state index contributed by atoms with van der Waals surface area (Å²) < 4.78 is 65.3. The lowest BCUT2D eigenvalue weighted by atomic mass is 10.1. The molecule has 198 valence electrons. The summed E-state index contributed by atoms with van der Waals surface area (Å²) in [6.45, 7) is 3.81. The largest absolute Gasteiger partial charge is 0.416 e. The first-order valence-electron chi connectivity index (χ1n) is 11.5. The highest BCUT2D eigenvalue weighted by molar-refractivity contribution is 7.90. The molecule has 0 spiro atoms. The molecule has 4 amide bonds. The van der Waals surface area contributed by atoms with Gasteiger partial charge in [0.2, 0.25) is 10.0 Å². The van der Waals surface area contributed by atoms with Crippen LogP contribution in [0.4, 0.5) is 29.3 Å². The number of imide groups is 1. The zero-order valence-electron chi connectivity index (χ0n) is 20.0. The lowest BCUT2D eigenvalue weighted by Gasteiger charge is -2.32. The summed E-state index contributed by atoms with van der Waals surface area (Å²) in [5, 5.41) is 2.12. The van der Waals surface area contributed by atoms with Gasteiger partial charge in [-0.3, -0.25) is 9.59 Å². The first kappa shape index (κ1) is 26.6. The number of sulfonamides is 1. The van der Waals surface area contributed by atoms with Crippen LogP contribution in [0.15, 0.2) is 42.5 Å². The Morgan fingerprint density at radius 3 is 2.14 bits per heavy atom. The normalized spacial score (nSPS) is 16.9. The zero-order chi connectivity index (χ0) is 27.1. The summed E-state index contributed by atoms with van der Waals surface area (Å²) >= 11 is 0. The molecule has 0 saturated carbocycles. The molecule has 37 heavy (non-hydrogen) atoms. The van der Waals surface area contributed by atoms with Crippen molar-refractivity contribution in [3.05, 3.63) is 59.2 Å². The number of nitrogens with zero attached hydrogens (tertiary/aromatic N) is 2. The molecule has 2 aliphatic heterocycles. The van der Waals surface area contributed by atoms with E-state index in [1.165, 1.54) is 23.1 Å². The maximum absolute atomic E-state index is 12.9. The summed E-state index contributed by atoms with van der Waals surface area (Å²) in [4.78, 5) is 40.8. The van der Waals surface area contributed by atoms with Crippen LogP contribution in [0.5, 0.6) is 0 Å². The number of urea groups is 1. The number of amides is 4. The minimum absolute atomic E-state index is 0.000692. The number of alkyl halides is 3. The fourth-order valence-electron chi connectivity index (χ4n) is 4.12. The first-order valence-corrected chi connectivity index (χ1v) is 13.1. The van der Waals surface area contributed by atoms with Crippen LogP contribution in [0.1, 0.15) is 53.0 Å². The number of nitrogens with one attached hydrogen (secondary N) is 2. The van der Waals surface area contributed by atoms with E-state index in [-0.39, 0.29) is 28.5 Å². The highest BCUT2D eigenvalue weighted by Gasteiger charge is 2.38.